The molecule has 0 aromatic rings. The second kappa shape index (κ2) is 4.50. The van der Waals surface area contributed by atoms with Gasteiger partial charge in [-0.3, -0.25) is 0 Å². The molecule has 0 aromatic carbocycles. The zero-order chi connectivity index (χ0) is 12.6. The first-order valence-electron chi connectivity index (χ1n) is 6.36. The summed E-state index contributed by atoms with van der Waals surface area (Å²) >= 11 is 0. The van der Waals surface area contributed by atoms with Gasteiger partial charge in [0.2, 0.25) is 0 Å². The standard InChI is InChI=1S/C14H28N2/c1-10(2)7-11-12(16-6)8-13(3,4)9-14(11,5)15/h7,10,12,16H,8-9,15H2,1-6H3. The molecule has 1 fully saturated rings. The summed E-state index contributed by atoms with van der Waals surface area (Å²) in [6.45, 7) is 11.2. The Balaban J connectivity index is 3.05. The molecule has 0 amide bonds. The Morgan fingerprint density at radius 2 is 1.94 bits per heavy atom. The second-order valence-corrected chi connectivity index (χ2v) is 6.67. The summed E-state index contributed by atoms with van der Waals surface area (Å²) in [4.78, 5) is 0. The maximum absolute atomic E-state index is 6.50. The Morgan fingerprint density at radius 3 is 2.38 bits per heavy atom. The molecule has 0 bridgehead atoms. The van der Waals surface area contributed by atoms with Gasteiger partial charge in [-0.05, 0) is 43.7 Å². The van der Waals surface area contributed by atoms with Gasteiger partial charge in [-0.1, -0.05) is 33.8 Å². The lowest BCUT2D eigenvalue weighted by Crippen LogP contribution is -2.54. The van der Waals surface area contributed by atoms with Gasteiger partial charge in [0.1, 0.15) is 0 Å². The van der Waals surface area contributed by atoms with Crippen LogP contribution < -0.4 is 11.1 Å². The molecule has 1 saturated carbocycles. The molecule has 3 N–H and O–H groups in total. The normalized spacial score (nSPS) is 37.0. The van der Waals surface area contributed by atoms with Gasteiger partial charge in [-0.15, -0.1) is 0 Å². The first-order valence-corrected chi connectivity index (χ1v) is 6.36. The fourth-order valence-corrected chi connectivity index (χ4v) is 3.15. The first-order chi connectivity index (χ1) is 7.18. The number of hydrogen-bond donors (Lipinski definition) is 2. The fraction of sp³-hybridized carbons (Fsp3) is 0.857. The maximum Gasteiger partial charge on any atom is 0.0360 e. The molecule has 0 spiro atoms. The van der Waals surface area contributed by atoms with E-state index in [4.69, 9.17) is 5.73 Å². The van der Waals surface area contributed by atoms with Gasteiger partial charge in [0, 0.05) is 11.6 Å². The highest BCUT2D eigenvalue weighted by molar-refractivity contribution is 5.28. The Kier molecular flexibility index (Phi) is 3.86. The zero-order valence-electron chi connectivity index (χ0n) is 11.7. The van der Waals surface area contributed by atoms with Crippen molar-refractivity contribution in [1.82, 2.24) is 5.32 Å². The number of allylic oxidation sites excluding steroid dienone is 1. The predicted octanol–water partition coefficient (Wildman–Crippen LogP) is 2.69. The van der Waals surface area contributed by atoms with Crippen LogP contribution in [-0.2, 0) is 0 Å². The van der Waals surface area contributed by atoms with E-state index in [0.717, 1.165) is 6.42 Å². The highest BCUT2D eigenvalue weighted by atomic mass is 14.9. The molecule has 0 aromatic heterocycles. The molecule has 0 aliphatic heterocycles. The molecule has 1 rings (SSSR count). The average molecular weight is 224 g/mol. The van der Waals surface area contributed by atoms with E-state index in [1.807, 2.05) is 7.05 Å². The summed E-state index contributed by atoms with van der Waals surface area (Å²) in [5.74, 6) is 0.565. The van der Waals surface area contributed by atoms with Crippen molar-refractivity contribution < 1.29 is 0 Å². The molecule has 16 heavy (non-hydrogen) atoms. The minimum absolute atomic E-state index is 0.167. The predicted molar refractivity (Wildman–Crippen MR) is 71.4 cm³/mol. The lowest BCUT2D eigenvalue weighted by molar-refractivity contribution is 0.183. The van der Waals surface area contributed by atoms with Crippen molar-refractivity contribution in [1.29, 1.82) is 0 Å². The molecule has 2 atom stereocenters. The number of nitrogens with two attached hydrogens (primary N) is 1. The SMILES string of the molecule is CNC1CC(C)(C)CC(C)(N)C1=CC(C)C. The second-order valence-electron chi connectivity index (χ2n) is 6.67. The fourth-order valence-electron chi connectivity index (χ4n) is 3.15. The van der Waals surface area contributed by atoms with Crippen LogP contribution in [0.4, 0.5) is 0 Å². The highest BCUT2D eigenvalue weighted by Gasteiger charge is 2.42. The van der Waals surface area contributed by atoms with E-state index in [0.29, 0.717) is 17.4 Å². The van der Waals surface area contributed by atoms with Crippen molar-refractivity contribution in [2.75, 3.05) is 7.05 Å². The molecule has 2 nitrogen and oxygen atoms in total. The third-order valence-corrected chi connectivity index (χ3v) is 3.50. The van der Waals surface area contributed by atoms with Crippen LogP contribution in [-0.4, -0.2) is 18.6 Å². The van der Waals surface area contributed by atoms with Crippen LogP contribution in [0.25, 0.3) is 0 Å². The molecular formula is C14H28N2. The Labute approximate surface area is 101 Å². The maximum atomic E-state index is 6.50. The lowest BCUT2D eigenvalue weighted by atomic mass is 9.64. The van der Waals surface area contributed by atoms with E-state index in [9.17, 15) is 0 Å². The summed E-state index contributed by atoms with van der Waals surface area (Å²) in [7, 11) is 2.04. The van der Waals surface area contributed by atoms with Crippen LogP contribution in [0.5, 0.6) is 0 Å². The molecule has 1 aliphatic carbocycles. The number of rotatable bonds is 2. The smallest absolute Gasteiger partial charge is 0.0360 e. The lowest BCUT2D eigenvalue weighted by Gasteiger charge is -2.47. The largest absolute Gasteiger partial charge is 0.322 e. The van der Waals surface area contributed by atoms with Crippen LogP contribution in [0.15, 0.2) is 11.6 Å². The van der Waals surface area contributed by atoms with Crippen molar-refractivity contribution in [3.8, 4) is 0 Å². The Hall–Kier alpha value is -0.340. The quantitative estimate of drug-likeness (QED) is 0.708. The summed E-state index contributed by atoms with van der Waals surface area (Å²) in [6.07, 6.45) is 4.59. The number of nitrogens with one attached hydrogen (secondary N) is 1. The van der Waals surface area contributed by atoms with Gasteiger partial charge in [0.15, 0.2) is 0 Å². The van der Waals surface area contributed by atoms with E-state index in [2.05, 4.69) is 46.0 Å². The van der Waals surface area contributed by atoms with Crippen LogP contribution in [0, 0.1) is 11.3 Å². The van der Waals surface area contributed by atoms with Crippen LogP contribution >= 0.6 is 0 Å². The van der Waals surface area contributed by atoms with Gasteiger partial charge in [-0.25, -0.2) is 0 Å². The average Bonchev–Trinajstić information content (AvgIpc) is 2.06. The minimum atomic E-state index is -0.167. The minimum Gasteiger partial charge on any atom is -0.322 e. The Morgan fingerprint density at radius 1 is 1.38 bits per heavy atom. The van der Waals surface area contributed by atoms with Gasteiger partial charge in [0.25, 0.3) is 0 Å². The summed E-state index contributed by atoms with van der Waals surface area (Å²) in [6, 6.07) is 0.432. The van der Waals surface area contributed by atoms with Crippen molar-refractivity contribution >= 4 is 0 Å². The third-order valence-electron chi connectivity index (χ3n) is 3.50. The van der Waals surface area contributed by atoms with E-state index in [1.54, 1.807) is 0 Å². The molecule has 0 saturated heterocycles. The number of hydrogen-bond acceptors (Lipinski definition) is 2. The van der Waals surface area contributed by atoms with Crippen LogP contribution in [0.2, 0.25) is 0 Å². The monoisotopic (exact) mass is 224 g/mol. The third kappa shape index (κ3) is 3.08. The van der Waals surface area contributed by atoms with E-state index >= 15 is 0 Å². The van der Waals surface area contributed by atoms with Gasteiger partial charge in [-0.2, -0.15) is 0 Å². The van der Waals surface area contributed by atoms with E-state index < -0.39 is 0 Å². The number of likely N-dealkylation sites (N-methyl/N-ethyl adjacent to an activating group) is 1. The van der Waals surface area contributed by atoms with Crippen LogP contribution in [0.1, 0.15) is 47.5 Å². The summed E-state index contributed by atoms with van der Waals surface area (Å²) in [5.41, 5.74) is 8.05. The zero-order valence-corrected chi connectivity index (χ0v) is 11.7. The molecule has 94 valence electrons. The molecule has 0 radical (unpaired) electrons. The molecule has 2 heteroatoms. The first kappa shape index (κ1) is 13.7. The topological polar surface area (TPSA) is 38.0 Å². The van der Waals surface area contributed by atoms with Crippen molar-refractivity contribution in [3.63, 3.8) is 0 Å². The molecular weight excluding hydrogens is 196 g/mol. The van der Waals surface area contributed by atoms with Crippen LogP contribution in [0.3, 0.4) is 0 Å². The van der Waals surface area contributed by atoms with Gasteiger partial charge in [0.05, 0.1) is 0 Å². The van der Waals surface area contributed by atoms with Crippen molar-refractivity contribution in [2.24, 2.45) is 17.1 Å². The van der Waals surface area contributed by atoms with Crippen molar-refractivity contribution in [3.05, 3.63) is 11.6 Å². The van der Waals surface area contributed by atoms with E-state index in [1.165, 1.54) is 12.0 Å². The van der Waals surface area contributed by atoms with Gasteiger partial charge < -0.3 is 11.1 Å². The van der Waals surface area contributed by atoms with E-state index in [-0.39, 0.29) is 5.54 Å². The summed E-state index contributed by atoms with van der Waals surface area (Å²) < 4.78 is 0. The van der Waals surface area contributed by atoms with Crippen molar-refractivity contribution in [2.45, 2.75) is 59.0 Å². The summed E-state index contributed by atoms with van der Waals surface area (Å²) in [5, 5.41) is 3.42. The highest BCUT2D eigenvalue weighted by Crippen LogP contribution is 2.43. The molecule has 1 aliphatic rings. The van der Waals surface area contributed by atoms with Gasteiger partial charge >= 0.3 is 0 Å². The molecule has 0 heterocycles. The Bertz CT molecular complexity index is 274. The molecule has 2 unspecified atom stereocenters.